The number of halogens is 1. The number of anilines is 1. The van der Waals surface area contributed by atoms with Gasteiger partial charge in [0.2, 0.25) is 5.91 Å². The topological polar surface area (TPSA) is 64.4 Å². The molecule has 5 heteroatoms. The number of nitrogens with two attached hydrogens (primary N) is 1. The van der Waals surface area contributed by atoms with E-state index in [0.717, 1.165) is 4.47 Å². The number of nitrogens with one attached hydrogen (secondary N) is 1. The smallest absolute Gasteiger partial charge is 0.241 e. The van der Waals surface area contributed by atoms with Crippen molar-refractivity contribution in [2.75, 3.05) is 12.4 Å². The third-order valence-electron chi connectivity index (χ3n) is 2.18. The lowest BCUT2D eigenvalue weighted by atomic mass is 10.2. The third kappa shape index (κ3) is 3.87. The highest BCUT2D eigenvalue weighted by molar-refractivity contribution is 9.10. The molecule has 0 aliphatic heterocycles. The van der Waals surface area contributed by atoms with Crippen LogP contribution in [-0.2, 0) is 4.79 Å². The fraction of sp³-hybridized carbons (Fsp3) is 0.250. The van der Waals surface area contributed by atoms with Gasteiger partial charge in [-0.3, -0.25) is 4.79 Å². The van der Waals surface area contributed by atoms with Crippen molar-refractivity contribution in [2.45, 2.75) is 12.5 Å². The number of hydrogen-bond donors (Lipinski definition) is 2. The quantitative estimate of drug-likeness (QED) is 0.820. The minimum atomic E-state index is -0.581. The first kappa shape index (κ1) is 13.7. The summed E-state index contributed by atoms with van der Waals surface area (Å²) >= 11 is 3.33. The predicted octanol–water partition coefficient (Wildman–Crippen LogP) is 2.30. The van der Waals surface area contributed by atoms with Crippen LogP contribution in [0.1, 0.15) is 6.42 Å². The van der Waals surface area contributed by atoms with Crippen LogP contribution in [0.15, 0.2) is 35.3 Å². The Morgan fingerprint density at radius 3 is 3.00 bits per heavy atom. The van der Waals surface area contributed by atoms with Gasteiger partial charge in [-0.1, -0.05) is 6.08 Å². The highest BCUT2D eigenvalue weighted by atomic mass is 79.9. The second-order valence-electron chi connectivity index (χ2n) is 3.47. The molecular weight excluding hydrogens is 284 g/mol. The van der Waals surface area contributed by atoms with E-state index in [1.807, 2.05) is 0 Å². The minimum absolute atomic E-state index is 0.241. The Morgan fingerprint density at radius 1 is 1.71 bits per heavy atom. The Labute approximate surface area is 109 Å². The summed E-state index contributed by atoms with van der Waals surface area (Å²) in [5.41, 5.74) is 6.30. The summed E-state index contributed by atoms with van der Waals surface area (Å²) in [5, 5.41) is 2.72. The van der Waals surface area contributed by atoms with E-state index in [1.165, 1.54) is 0 Å². The van der Waals surface area contributed by atoms with E-state index in [1.54, 1.807) is 31.4 Å². The highest BCUT2D eigenvalue weighted by Crippen LogP contribution is 2.27. The Kier molecular flexibility index (Phi) is 5.18. The van der Waals surface area contributed by atoms with Crippen molar-refractivity contribution < 1.29 is 9.53 Å². The fourth-order valence-electron chi connectivity index (χ4n) is 1.26. The number of benzene rings is 1. The zero-order valence-electron chi connectivity index (χ0n) is 9.57. The molecule has 0 spiro atoms. The van der Waals surface area contributed by atoms with Gasteiger partial charge in [-0.25, -0.2) is 0 Å². The van der Waals surface area contributed by atoms with Crippen molar-refractivity contribution in [3.05, 3.63) is 35.3 Å². The molecule has 1 aromatic carbocycles. The monoisotopic (exact) mass is 298 g/mol. The number of rotatable bonds is 5. The van der Waals surface area contributed by atoms with Crippen LogP contribution in [0.5, 0.6) is 5.75 Å². The molecule has 0 heterocycles. The van der Waals surface area contributed by atoms with Crippen molar-refractivity contribution >= 4 is 27.5 Å². The van der Waals surface area contributed by atoms with Crippen LogP contribution >= 0.6 is 15.9 Å². The summed E-state index contributed by atoms with van der Waals surface area (Å²) in [6, 6.07) is 4.71. The van der Waals surface area contributed by atoms with Gasteiger partial charge >= 0.3 is 0 Å². The molecule has 0 bridgehead atoms. The van der Waals surface area contributed by atoms with E-state index < -0.39 is 6.04 Å². The Morgan fingerprint density at radius 2 is 2.41 bits per heavy atom. The van der Waals surface area contributed by atoms with E-state index in [9.17, 15) is 4.79 Å². The van der Waals surface area contributed by atoms with Gasteiger partial charge in [0.1, 0.15) is 5.75 Å². The zero-order chi connectivity index (χ0) is 12.8. The average Bonchev–Trinajstić information content (AvgIpc) is 2.31. The molecule has 0 aromatic heterocycles. The van der Waals surface area contributed by atoms with Crippen molar-refractivity contribution in [1.82, 2.24) is 0 Å². The van der Waals surface area contributed by atoms with Gasteiger partial charge in [0.15, 0.2) is 0 Å². The van der Waals surface area contributed by atoms with E-state index in [4.69, 9.17) is 10.5 Å². The van der Waals surface area contributed by atoms with E-state index in [-0.39, 0.29) is 5.91 Å². The molecule has 3 N–H and O–H groups in total. The van der Waals surface area contributed by atoms with Gasteiger partial charge in [-0.05, 0) is 34.5 Å². The third-order valence-corrected chi connectivity index (χ3v) is 2.83. The Bertz CT molecular complexity index is 421. The maximum Gasteiger partial charge on any atom is 0.241 e. The number of hydrogen-bond acceptors (Lipinski definition) is 3. The van der Waals surface area contributed by atoms with E-state index in [2.05, 4.69) is 27.8 Å². The molecule has 0 aliphatic carbocycles. The molecule has 0 saturated heterocycles. The predicted molar refractivity (Wildman–Crippen MR) is 72.1 cm³/mol. The van der Waals surface area contributed by atoms with Gasteiger partial charge in [-0.2, -0.15) is 0 Å². The molecule has 4 nitrogen and oxygen atoms in total. The van der Waals surface area contributed by atoms with Gasteiger partial charge in [-0.15, -0.1) is 6.58 Å². The van der Waals surface area contributed by atoms with E-state index in [0.29, 0.717) is 17.9 Å². The van der Waals surface area contributed by atoms with Crippen molar-refractivity contribution in [3.63, 3.8) is 0 Å². The lowest BCUT2D eigenvalue weighted by Crippen LogP contribution is -2.35. The number of carbonyl (C=O) groups is 1. The number of amides is 1. The van der Waals surface area contributed by atoms with Crippen LogP contribution in [0, 0.1) is 0 Å². The van der Waals surface area contributed by atoms with Crippen molar-refractivity contribution in [1.29, 1.82) is 0 Å². The van der Waals surface area contributed by atoms with Crippen LogP contribution in [0.4, 0.5) is 5.69 Å². The van der Waals surface area contributed by atoms with Crippen LogP contribution in [0.2, 0.25) is 0 Å². The van der Waals surface area contributed by atoms with Gasteiger partial charge in [0.05, 0.1) is 17.6 Å². The Hall–Kier alpha value is -1.33. The molecular formula is C12H15BrN2O2. The number of ether oxygens (including phenoxy) is 1. The van der Waals surface area contributed by atoms with Gasteiger partial charge in [0.25, 0.3) is 0 Å². The highest BCUT2D eigenvalue weighted by Gasteiger charge is 2.12. The molecule has 1 aromatic rings. The van der Waals surface area contributed by atoms with Crippen molar-refractivity contribution in [3.8, 4) is 5.75 Å². The first-order valence-corrected chi connectivity index (χ1v) is 5.88. The number of methoxy groups -OCH3 is 1. The minimum Gasteiger partial charge on any atom is -0.495 e. The Balaban J connectivity index is 2.74. The van der Waals surface area contributed by atoms with E-state index >= 15 is 0 Å². The van der Waals surface area contributed by atoms with Crippen molar-refractivity contribution in [2.24, 2.45) is 5.73 Å². The van der Waals surface area contributed by atoms with Gasteiger partial charge in [0, 0.05) is 11.8 Å². The SMILES string of the molecule is C=CCC(N)C(=O)Nc1ccc(Br)c(OC)c1. The zero-order valence-corrected chi connectivity index (χ0v) is 11.2. The largest absolute Gasteiger partial charge is 0.495 e. The first-order chi connectivity index (χ1) is 8.08. The summed E-state index contributed by atoms with van der Waals surface area (Å²) in [6.45, 7) is 3.54. The second kappa shape index (κ2) is 6.42. The molecule has 17 heavy (non-hydrogen) atoms. The summed E-state index contributed by atoms with van der Waals surface area (Å²) in [6.07, 6.45) is 2.06. The molecule has 1 rings (SSSR count). The standard InChI is InChI=1S/C12H15BrN2O2/c1-3-4-10(14)12(16)15-8-5-6-9(13)11(7-8)17-2/h3,5-7,10H,1,4,14H2,2H3,(H,15,16). The molecule has 0 saturated carbocycles. The van der Waals surface area contributed by atoms with Crippen LogP contribution < -0.4 is 15.8 Å². The second-order valence-corrected chi connectivity index (χ2v) is 4.32. The molecule has 0 fully saturated rings. The summed E-state index contributed by atoms with van der Waals surface area (Å²) in [7, 11) is 1.56. The van der Waals surface area contributed by atoms with Crippen LogP contribution in [-0.4, -0.2) is 19.1 Å². The maximum atomic E-state index is 11.7. The lowest BCUT2D eigenvalue weighted by Gasteiger charge is -2.11. The molecule has 92 valence electrons. The summed E-state index contributed by atoms with van der Waals surface area (Å²) in [5.74, 6) is 0.411. The fourth-order valence-corrected chi connectivity index (χ4v) is 1.67. The maximum absolute atomic E-state index is 11.7. The van der Waals surface area contributed by atoms with Crippen LogP contribution in [0.3, 0.4) is 0 Å². The molecule has 0 radical (unpaired) electrons. The van der Waals surface area contributed by atoms with Gasteiger partial charge < -0.3 is 15.8 Å². The van der Waals surface area contributed by atoms with Crippen LogP contribution in [0.25, 0.3) is 0 Å². The average molecular weight is 299 g/mol. The number of carbonyl (C=O) groups excluding carboxylic acids is 1. The normalized spacial score (nSPS) is 11.7. The summed E-state index contributed by atoms with van der Waals surface area (Å²) < 4.78 is 5.96. The summed E-state index contributed by atoms with van der Waals surface area (Å²) in [4.78, 5) is 11.7. The molecule has 1 amide bonds. The molecule has 1 atom stereocenters. The lowest BCUT2D eigenvalue weighted by molar-refractivity contribution is -0.117. The molecule has 1 unspecified atom stereocenters. The first-order valence-electron chi connectivity index (χ1n) is 5.09. The molecule has 0 aliphatic rings.